The molecular weight excluding hydrogens is 410 g/mol. The third-order valence-corrected chi connectivity index (χ3v) is 7.74. The summed E-state index contributed by atoms with van der Waals surface area (Å²) in [5, 5.41) is 3.99. The predicted octanol–water partition coefficient (Wildman–Crippen LogP) is 3.12. The van der Waals surface area contributed by atoms with Gasteiger partial charge in [0.25, 0.3) is 0 Å². The first-order chi connectivity index (χ1) is 15.0. The first-order valence-corrected chi connectivity index (χ1v) is 11.5. The minimum atomic E-state index is -0.172. The Balaban J connectivity index is 1.22. The number of fused-ring (bicyclic) bond motifs is 2. The average molecular weight is 438 g/mol. The molecule has 0 radical (unpaired) electrons. The van der Waals surface area contributed by atoms with Crippen LogP contribution in [0.4, 0.5) is 0 Å². The molecule has 1 N–H and O–H groups in total. The monoisotopic (exact) mass is 437 g/mol. The van der Waals surface area contributed by atoms with Gasteiger partial charge in [-0.05, 0) is 30.0 Å². The van der Waals surface area contributed by atoms with Crippen LogP contribution in [-0.2, 0) is 22.6 Å². The number of carbonyl (C=O) groups is 2. The molecule has 3 saturated heterocycles. The summed E-state index contributed by atoms with van der Waals surface area (Å²) in [4.78, 5) is 30.0. The summed E-state index contributed by atoms with van der Waals surface area (Å²) < 4.78 is 0. The second kappa shape index (κ2) is 8.29. The molecule has 162 valence electrons. The van der Waals surface area contributed by atoms with Crippen LogP contribution >= 0.6 is 11.6 Å². The van der Waals surface area contributed by atoms with Crippen LogP contribution in [0.3, 0.4) is 0 Å². The van der Waals surface area contributed by atoms with Crippen molar-refractivity contribution in [1.29, 1.82) is 0 Å². The Morgan fingerprint density at radius 3 is 2.48 bits per heavy atom. The summed E-state index contributed by atoms with van der Waals surface area (Å²) in [5.41, 5.74) is 1.99. The fourth-order valence-electron chi connectivity index (χ4n) is 5.68. The van der Waals surface area contributed by atoms with Crippen molar-refractivity contribution in [2.45, 2.75) is 31.3 Å². The van der Waals surface area contributed by atoms with E-state index >= 15 is 0 Å². The highest BCUT2D eigenvalue weighted by atomic mass is 35.5. The van der Waals surface area contributed by atoms with E-state index in [1.807, 2.05) is 35.2 Å². The van der Waals surface area contributed by atoms with Gasteiger partial charge in [0.05, 0.1) is 12.3 Å². The van der Waals surface area contributed by atoms with E-state index in [1.165, 1.54) is 5.56 Å². The number of hydrogen-bond acceptors (Lipinski definition) is 3. The molecule has 0 unspecified atom stereocenters. The Labute approximate surface area is 188 Å². The zero-order valence-corrected chi connectivity index (χ0v) is 18.4. The molecule has 31 heavy (non-hydrogen) atoms. The maximum absolute atomic E-state index is 12.8. The van der Waals surface area contributed by atoms with Gasteiger partial charge in [-0.25, -0.2) is 0 Å². The fraction of sp³-hybridized carbons (Fsp3) is 0.440. The normalized spacial score (nSPS) is 24.9. The molecule has 0 bridgehead atoms. The van der Waals surface area contributed by atoms with Crippen LogP contribution < -0.4 is 5.32 Å². The van der Waals surface area contributed by atoms with Crippen molar-refractivity contribution in [3.8, 4) is 0 Å². The molecule has 2 amide bonds. The van der Waals surface area contributed by atoms with Crippen LogP contribution in [0.15, 0.2) is 54.6 Å². The van der Waals surface area contributed by atoms with Crippen molar-refractivity contribution in [3.05, 3.63) is 70.7 Å². The lowest BCUT2D eigenvalue weighted by atomic mass is 9.75. The highest BCUT2D eigenvalue weighted by Crippen LogP contribution is 2.44. The highest BCUT2D eigenvalue weighted by Gasteiger charge is 2.57. The van der Waals surface area contributed by atoms with E-state index in [0.717, 1.165) is 38.0 Å². The van der Waals surface area contributed by atoms with E-state index in [4.69, 9.17) is 11.6 Å². The van der Waals surface area contributed by atoms with E-state index in [2.05, 4.69) is 34.5 Å². The Morgan fingerprint density at radius 1 is 1.03 bits per heavy atom. The van der Waals surface area contributed by atoms with Gasteiger partial charge in [0.1, 0.15) is 0 Å². The summed E-state index contributed by atoms with van der Waals surface area (Å²) in [6, 6.07) is 18.0. The van der Waals surface area contributed by atoms with Gasteiger partial charge < -0.3 is 10.2 Å². The van der Waals surface area contributed by atoms with Gasteiger partial charge in [0, 0.05) is 49.2 Å². The smallest absolute Gasteiger partial charge is 0.227 e. The Morgan fingerprint density at radius 2 is 1.74 bits per heavy atom. The number of benzene rings is 2. The zero-order valence-electron chi connectivity index (χ0n) is 17.6. The molecule has 3 heterocycles. The van der Waals surface area contributed by atoms with Crippen LogP contribution in [0.2, 0.25) is 5.02 Å². The molecule has 5 rings (SSSR count). The van der Waals surface area contributed by atoms with E-state index < -0.39 is 0 Å². The van der Waals surface area contributed by atoms with Gasteiger partial charge in [-0.2, -0.15) is 0 Å². The van der Waals surface area contributed by atoms with Crippen LogP contribution in [0, 0.1) is 11.8 Å². The van der Waals surface area contributed by atoms with E-state index in [-0.39, 0.29) is 23.3 Å². The number of nitrogens with zero attached hydrogens (tertiary/aromatic N) is 2. The quantitative estimate of drug-likeness (QED) is 0.799. The molecule has 3 aliphatic heterocycles. The Hall–Kier alpha value is -2.37. The van der Waals surface area contributed by atoms with Gasteiger partial charge in [0.15, 0.2) is 0 Å². The zero-order chi connectivity index (χ0) is 21.4. The molecule has 3 fully saturated rings. The van der Waals surface area contributed by atoms with E-state index in [0.29, 0.717) is 30.5 Å². The average Bonchev–Trinajstić information content (AvgIpc) is 3.30. The van der Waals surface area contributed by atoms with Gasteiger partial charge in [0.2, 0.25) is 11.8 Å². The number of piperidine rings is 1. The largest absolute Gasteiger partial charge is 0.350 e. The van der Waals surface area contributed by atoms with Crippen LogP contribution in [0.25, 0.3) is 0 Å². The third-order valence-electron chi connectivity index (χ3n) is 7.37. The van der Waals surface area contributed by atoms with Crippen LogP contribution in [-0.4, -0.2) is 53.3 Å². The number of amides is 2. The van der Waals surface area contributed by atoms with Crippen molar-refractivity contribution < 1.29 is 9.59 Å². The number of halogens is 1. The SMILES string of the molecule is O=C1NC2(CCN(C(=O)Cc3ccccc3Cl)CC2)[C@H]2CN(Cc3ccccc3)C[C@@H]12. The van der Waals surface area contributed by atoms with E-state index in [1.54, 1.807) is 0 Å². The second-order valence-corrected chi connectivity index (χ2v) is 9.59. The number of carbonyl (C=O) groups excluding carboxylic acids is 2. The van der Waals surface area contributed by atoms with Crippen molar-refractivity contribution in [2.24, 2.45) is 11.8 Å². The van der Waals surface area contributed by atoms with Crippen molar-refractivity contribution in [3.63, 3.8) is 0 Å². The molecule has 0 aliphatic carbocycles. The summed E-state index contributed by atoms with van der Waals surface area (Å²) >= 11 is 6.23. The Bertz CT molecular complexity index is 972. The highest BCUT2D eigenvalue weighted by molar-refractivity contribution is 6.31. The van der Waals surface area contributed by atoms with Gasteiger partial charge in [-0.3, -0.25) is 14.5 Å². The summed E-state index contributed by atoms with van der Waals surface area (Å²) in [6.45, 7) is 4.02. The fourth-order valence-corrected chi connectivity index (χ4v) is 5.88. The van der Waals surface area contributed by atoms with Gasteiger partial charge in [-0.15, -0.1) is 0 Å². The molecular formula is C25H28ClN3O2. The maximum Gasteiger partial charge on any atom is 0.227 e. The minimum Gasteiger partial charge on any atom is -0.350 e. The molecule has 3 aliphatic rings. The molecule has 1 spiro atoms. The topological polar surface area (TPSA) is 52.7 Å². The van der Waals surface area contributed by atoms with Gasteiger partial charge in [-0.1, -0.05) is 60.1 Å². The number of nitrogens with one attached hydrogen (secondary N) is 1. The van der Waals surface area contributed by atoms with Crippen molar-refractivity contribution in [2.75, 3.05) is 26.2 Å². The lowest BCUT2D eigenvalue weighted by Gasteiger charge is -2.43. The molecule has 2 aromatic rings. The second-order valence-electron chi connectivity index (χ2n) is 9.19. The Kier molecular flexibility index (Phi) is 5.49. The summed E-state index contributed by atoms with van der Waals surface area (Å²) in [5.74, 6) is 0.691. The number of rotatable bonds is 4. The molecule has 5 nitrogen and oxygen atoms in total. The molecule has 2 aromatic carbocycles. The minimum absolute atomic E-state index is 0.0640. The molecule has 0 saturated carbocycles. The summed E-state index contributed by atoms with van der Waals surface area (Å²) in [7, 11) is 0. The molecule has 0 aromatic heterocycles. The van der Waals surface area contributed by atoms with Crippen molar-refractivity contribution >= 4 is 23.4 Å². The number of likely N-dealkylation sites (tertiary alicyclic amines) is 2. The van der Waals surface area contributed by atoms with Crippen molar-refractivity contribution in [1.82, 2.24) is 15.1 Å². The van der Waals surface area contributed by atoms with Gasteiger partial charge >= 0.3 is 0 Å². The first-order valence-electron chi connectivity index (χ1n) is 11.1. The first kappa shape index (κ1) is 20.5. The molecule has 6 heteroatoms. The number of hydrogen-bond donors (Lipinski definition) is 1. The lowest BCUT2D eigenvalue weighted by Crippen LogP contribution is -2.56. The standard InChI is InChI=1S/C25H28ClN3O2/c26-22-9-5-4-8-19(22)14-23(30)29-12-10-25(11-13-29)21-17-28(16-20(21)24(31)27-25)15-18-6-2-1-3-7-18/h1-9,20-21H,10-17H2,(H,27,31)/t20-,21+/m1/s1. The van der Waals surface area contributed by atoms with Crippen LogP contribution in [0.1, 0.15) is 24.0 Å². The van der Waals surface area contributed by atoms with E-state index in [9.17, 15) is 9.59 Å². The maximum atomic E-state index is 12.8. The van der Waals surface area contributed by atoms with Crippen LogP contribution in [0.5, 0.6) is 0 Å². The third kappa shape index (κ3) is 3.97. The summed E-state index contributed by atoms with van der Waals surface area (Å²) in [6.07, 6.45) is 1.98. The lowest BCUT2D eigenvalue weighted by molar-refractivity contribution is -0.132. The predicted molar refractivity (Wildman–Crippen MR) is 121 cm³/mol. The molecule has 2 atom stereocenters.